The van der Waals surface area contributed by atoms with Crippen LogP contribution in [0.15, 0.2) is 24.3 Å². The molecule has 1 aliphatic heterocycles. The molecular weight excluding hydrogens is 728 g/mol. The van der Waals surface area contributed by atoms with Crippen molar-refractivity contribution in [3.63, 3.8) is 0 Å². The third kappa shape index (κ3) is 16.9. The standard InChI is InChI=1S/C33H51ClN4O15/c1-32(2,3)53-31(48)36-10-13-50-12-9-35-24(42)8-11-49-14-15-51-33(30(46)47)17-22(40)27(38-26(44)19-39)29(52-33)28(45)23(41)18-37-25(43)16-20-4-6-21(34)7-5-20/h4-7,22-23,27-29,39-41,45H,8-19H2,1-3H3,(H,35,42)(H,36,48)(H,37,43)(H,38,44)(H,46,47)/t22-,23+,27+,28+,29+,33+/m0/s1. The van der Waals surface area contributed by atoms with E-state index in [1.165, 1.54) is 0 Å². The van der Waals surface area contributed by atoms with E-state index in [1.807, 2.05) is 0 Å². The van der Waals surface area contributed by atoms with E-state index in [0.29, 0.717) is 10.6 Å². The van der Waals surface area contributed by atoms with Gasteiger partial charge in [0.2, 0.25) is 17.7 Å². The number of rotatable bonds is 22. The number of ether oxygens (including phenoxy) is 5. The Balaban J connectivity index is 1.83. The summed E-state index contributed by atoms with van der Waals surface area (Å²) in [6.07, 6.45) is -8.71. The van der Waals surface area contributed by atoms with Crippen LogP contribution in [0.5, 0.6) is 0 Å². The monoisotopic (exact) mass is 778 g/mol. The summed E-state index contributed by atoms with van der Waals surface area (Å²) in [5, 5.41) is 62.2. The molecule has 9 N–H and O–H groups in total. The summed E-state index contributed by atoms with van der Waals surface area (Å²) in [7, 11) is 0. The lowest BCUT2D eigenvalue weighted by Gasteiger charge is -2.46. The lowest BCUT2D eigenvalue weighted by atomic mass is 9.88. The number of carboxylic acids is 1. The minimum atomic E-state index is -2.58. The molecule has 0 spiro atoms. The van der Waals surface area contributed by atoms with Gasteiger partial charge in [0.15, 0.2) is 0 Å². The van der Waals surface area contributed by atoms with Crippen LogP contribution in [-0.2, 0) is 49.3 Å². The Morgan fingerprint density at radius 1 is 0.925 bits per heavy atom. The number of aliphatic carboxylic acids is 1. The number of alkyl carbamates (subject to hydrolysis) is 1. The number of hydrogen-bond donors (Lipinski definition) is 9. The summed E-state index contributed by atoms with van der Waals surface area (Å²) >= 11 is 5.85. The minimum absolute atomic E-state index is 0.0475. The SMILES string of the molecule is CC(C)(C)OC(=O)NCCOCCNC(=O)CCOCCO[C@]1(C(=O)O)C[C@H](O)[C@@H](NC(=O)CO)[C@H]([C@H](O)[C@H](O)CNC(=O)Cc2ccc(Cl)cc2)O1. The van der Waals surface area contributed by atoms with Crippen molar-refractivity contribution in [2.75, 3.05) is 59.3 Å². The Morgan fingerprint density at radius 3 is 2.19 bits per heavy atom. The average molecular weight is 779 g/mol. The largest absolute Gasteiger partial charge is 0.477 e. The van der Waals surface area contributed by atoms with Crippen LogP contribution < -0.4 is 21.3 Å². The number of amides is 4. The topological polar surface area (TPSA) is 281 Å². The van der Waals surface area contributed by atoms with Crippen LogP contribution in [0.1, 0.15) is 39.2 Å². The quantitative estimate of drug-likeness (QED) is 0.0588. The van der Waals surface area contributed by atoms with E-state index in [2.05, 4.69) is 21.3 Å². The van der Waals surface area contributed by atoms with E-state index in [9.17, 15) is 49.5 Å². The van der Waals surface area contributed by atoms with Gasteiger partial charge >= 0.3 is 12.1 Å². The molecule has 2 rings (SSSR count). The van der Waals surface area contributed by atoms with Crippen LogP contribution in [0.2, 0.25) is 5.02 Å². The highest BCUT2D eigenvalue weighted by molar-refractivity contribution is 6.30. The predicted molar refractivity (Wildman–Crippen MR) is 185 cm³/mol. The van der Waals surface area contributed by atoms with Gasteiger partial charge in [-0.1, -0.05) is 23.7 Å². The molecule has 1 saturated heterocycles. The summed E-state index contributed by atoms with van der Waals surface area (Å²) in [5.41, 5.74) is 0.00314. The molecule has 1 aromatic rings. The Labute approximate surface area is 311 Å². The molecule has 0 bridgehead atoms. The molecule has 53 heavy (non-hydrogen) atoms. The molecule has 1 aliphatic rings. The molecule has 20 heteroatoms. The molecule has 300 valence electrons. The highest BCUT2D eigenvalue weighted by Gasteiger charge is 2.55. The van der Waals surface area contributed by atoms with Crippen molar-refractivity contribution in [1.29, 1.82) is 0 Å². The molecule has 1 aromatic carbocycles. The Kier molecular flexibility index (Phi) is 19.3. The molecule has 19 nitrogen and oxygen atoms in total. The van der Waals surface area contributed by atoms with Gasteiger partial charge in [0.1, 0.15) is 24.4 Å². The highest BCUT2D eigenvalue weighted by Crippen LogP contribution is 2.33. The van der Waals surface area contributed by atoms with Crippen LogP contribution in [-0.4, -0.2) is 156 Å². The maximum atomic E-state index is 12.4. The average Bonchev–Trinajstić information content (AvgIpc) is 3.08. The number of carbonyl (C=O) groups is 5. The lowest BCUT2D eigenvalue weighted by molar-refractivity contribution is -0.312. The van der Waals surface area contributed by atoms with Crippen molar-refractivity contribution in [2.24, 2.45) is 0 Å². The lowest BCUT2D eigenvalue weighted by Crippen LogP contribution is -2.68. The number of halogens is 1. The minimum Gasteiger partial charge on any atom is -0.477 e. The van der Waals surface area contributed by atoms with Gasteiger partial charge in [0.05, 0.1) is 57.7 Å². The second-order valence-corrected chi connectivity index (χ2v) is 13.4. The molecule has 0 radical (unpaired) electrons. The first-order valence-electron chi connectivity index (χ1n) is 16.9. The van der Waals surface area contributed by atoms with Gasteiger partial charge in [0.25, 0.3) is 5.79 Å². The fraction of sp³-hybridized carbons (Fsp3) is 0.667. The molecule has 1 heterocycles. The molecule has 0 saturated carbocycles. The van der Waals surface area contributed by atoms with Gasteiger partial charge in [-0.2, -0.15) is 0 Å². The van der Waals surface area contributed by atoms with Crippen molar-refractivity contribution in [1.82, 2.24) is 21.3 Å². The van der Waals surface area contributed by atoms with Gasteiger partial charge in [-0.15, -0.1) is 0 Å². The number of carboxylic acid groups (broad SMARTS) is 1. The zero-order chi connectivity index (χ0) is 39.6. The Bertz CT molecular complexity index is 1330. The van der Waals surface area contributed by atoms with E-state index >= 15 is 0 Å². The summed E-state index contributed by atoms with van der Waals surface area (Å²) in [4.78, 5) is 60.5. The van der Waals surface area contributed by atoms with Crippen molar-refractivity contribution >= 4 is 41.4 Å². The second-order valence-electron chi connectivity index (χ2n) is 12.9. The first kappa shape index (κ1) is 45.5. The van der Waals surface area contributed by atoms with Gasteiger partial charge in [-0.3, -0.25) is 14.4 Å². The zero-order valence-corrected chi connectivity index (χ0v) is 30.6. The number of aliphatic hydroxyl groups is 4. The molecule has 1 fully saturated rings. The van der Waals surface area contributed by atoms with E-state index in [4.69, 9.17) is 35.3 Å². The Morgan fingerprint density at radius 2 is 1.57 bits per heavy atom. The van der Waals surface area contributed by atoms with Crippen molar-refractivity contribution in [3.05, 3.63) is 34.9 Å². The second kappa shape index (κ2) is 22.5. The Hall–Kier alpha value is -3.66. The molecule has 4 amide bonds. The predicted octanol–water partition coefficient (Wildman–Crippen LogP) is -1.79. The fourth-order valence-corrected chi connectivity index (χ4v) is 5.01. The summed E-state index contributed by atoms with van der Waals surface area (Å²) < 4.78 is 26.9. The van der Waals surface area contributed by atoms with Crippen molar-refractivity contribution in [2.45, 2.75) is 81.9 Å². The molecule has 6 atom stereocenters. The summed E-state index contributed by atoms with van der Waals surface area (Å²) in [6, 6.07) is 4.94. The van der Waals surface area contributed by atoms with Crippen molar-refractivity contribution in [3.8, 4) is 0 Å². The van der Waals surface area contributed by atoms with Crippen LogP contribution in [0.4, 0.5) is 4.79 Å². The highest BCUT2D eigenvalue weighted by atomic mass is 35.5. The molecule has 0 unspecified atom stereocenters. The first-order chi connectivity index (χ1) is 25.0. The summed E-state index contributed by atoms with van der Waals surface area (Å²) in [5.74, 6) is -6.14. The van der Waals surface area contributed by atoms with Gasteiger partial charge in [-0.25, -0.2) is 9.59 Å². The van der Waals surface area contributed by atoms with E-state index < -0.39 is 91.9 Å². The third-order valence-electron chi connectivity index (χ3n) is 7.41. The number of carbonyl (C=O) groups excluding carboxylic acids is 4. The van der Waals surface area contributed by atoms with Gasteiger partial charge in [-0.05, 0) is 38.5 Å². The van der Waals surface area contributed by atoms with Gasteiger partial charge < -0.3 is 70.5 Å². The zero-order valence-electron chi connectivity index (χ0n) is 29.9. The summed E-state index contributed by atoms with van der Waals surface area (Å²) in [6.45, 7) is 3.84. The molecule has 0 aromatic heterocycles. The third-order valence-corrected chi connectivity index (χ3v) is 7.66. The normalized spacial score (nSPS) is 21.2. The van der Waals surface area contributed by atoms with Crippen LogP contribution >= 0.6 is 11.6 Å². The number of aliphatic hydroxyl groups excluding tert-OH is 4. The van der Waals surface area contributed by atoms with Crippen molar-refractivity contribution < 1.29 is 73.2 Å². The fourth-order valence-electron chi connectivity index (χ4n) is 4.88. The van der Waals surface area contributed by atoms with Crippen LogP contribution in [0, 0.1) is 0 Å². The maximum absolute atomic E-state index is 12.4. The molecule has 0 aliphatic carbocycles. The van der Waals surface area contributed by atoms with E-state index in [1.54, 1.807) is 45.0 Å². The number of benzene rings is 1. The number of nitrogens with one attached hydrogen (secondary N) is 4. The number of hydrogen-bond acceptors (Lipinski definition) is 14. The maximum Gasteiger partial charge on any atom is 0.407 e. The molecular formula is C33H51ClN4O15. The van der Waals surface area contributed by atoms with Crippen LogP contribution in [0.3, 0.4) is 0 Å². The first-order valence-corrected chi connectivity index (χ1v) is 17.2. The van der Waals surface area contributed by atoms with E-state index in [-0.39, 0.29) is 58.3 Å². The smallest absolute Gasteiger partial charge is 0.407 e. The van der Waals surface area contributed by atoms with Gasteiger partial charge in [0, 0.05) is 37.5 Å². The van der Waals surface area contributed by atoms with E-state index in [0.717, 1.165) is 0 Å². The van der Waals surface area contributed by atoms with Crippen LogP contribution in [0.25, 0.3) is 0 Å².